The molecule has 3 nitrogen and oxygen atoms in total. The molecule has 0 spiro atoms. The van der Waals surface area contributed by atoms with Crippen LogP contribution in [0.25, 0.3) is 10.1 Å². The molecule has 26 heavy (non-hydrogen) atoms. The Morgan fingerprint density at radius 2 is 1.92 bits per heavy atom. The lowest BCUT2D eigenvalue weighted by Gasteiger charge is -2.39. The summed E-state index contributed by atoms with van der Waals surface area (Å²) in [4.78, 5) is 14.8. The molecule has 1 N–H and O–H groups in total. The predicted molar refractivity (Wildman–Crippen MR) is 102 cm³/mol. The van der Waals surface area contributed by atoms with E-state index in [1.807, 2.05) is 35.2 Å². The van der Waals surface area contributed by atoms with Crippen LogP contribution in [-0.4, -0.2) is 28.6 Å². The highest BCUT2D eigenvalue weighted by Crippen LogP contribution is 2.40. The average molecular weight is 369 g/mol. The van der Waals surface area contributed by atoms with Crippen molar-refractivity contribution in [3.8, 4) is 0 Å². The number of carboxylic acids is 1. The minimum absolute atomic E-state index is 0.287. The number of nitrogens with zero attached hydrogens (tertiary/aromatic N) is 1. The van der Waals surface area contributed by atoms with E-state index in [-0.39, 0.29) is 11.9 Å². The Morgan fingerprint density at radius 1 is 1.15 bits per heavy atom. The van der Waals surface area contributed by atoms with E-state index in [2.05, 4.69) is 6.07 Å². The van der Waals surface area contributed by atoms with Crippen LogP contribution in [0.1, 0.15) is 35.7 Å². The number of hydrogen-bond donors (Lipinski definition) is 1. The van der Waals surface area contributed by atoms with Crippen LogP contribution in [0.5, 0.6) is 0 Å². The van der Waals surface area contributed by atoms with Gasteiger partial charge in [-0.05, 0) is 43.0 Å². The predicted octanol–water partition coefficient (Wildman–Crippen LogP) is 5.07. The Balaban J connectivity index is 1.86. The SMILES string of the molecule is O=C(O)C1CCCCN1C(c1cc2ccccc2s1)c1ccccc1F. The first-order valence-corrected chi connectivity index (χ1v) is 9.68. The van der Waals surface area contributed by atoms with Crippen LogP contribution in [-0.2, 0) is 4.79 Å². The van der Waals surface area contributed by atoms with Crippen molar-refractivity contribution in [2.24, 2.45) is 0 Å². The smallest absolute Gasteiger partial charge is 0.320 e. The lowest BCUT2D eigenvalue weighted by Crippen LogP contribution is -2.46. The largest absolute Gasteiger partial charge is 0.480 e. The second-order valence-electron chi connectivity index (χ2n) is 6.70. The van der Waals surface area contributed by atoms with Crippen LogP contribution in [0, 0.1) is 5.82 Å². The molecule has 0 amide bonds. The maximum absolute atomic E-state index is 14.7. The van der Waals surface area contributed by atoms with E-state index in [9.17, 15) is 14.3 Å². The molecule has 2 heterocycles. The molecule has 4 rings (SSSR count). The van der Waals surface area contributed by atoms with Gasteiger partial charge in [-0.15, -0.1) is 11.3 Å². The Kier molecular flexibility index (Phi) is 4.74. The fraction of sp³-hybridized carbons (Fsp3) is 0.286. The molecular weight excluding hydrogens is 349 g/mol. The molecule has 0 saturated carbocycles. The highest BCUT2D eigenvalue weighted by molar-refractivity contribution is 7.19. The molecule has 3 aromatic rings. The Labute approximate surface area is 155 Å². The molecule has 0 radical (unpaired) electrons. The maximum atomic E-state index is 14.7. The third-order valence-electron chi connectivity index (χ3n) is 5.07. The van der Waals surface area contributed by atoms with Gasteiger partial charge in [-0.1, -0.05) is 42.8 Å². The molecule has 2 unspecified atom stereocenters. The number of likely N-dealkylation sites (tertiary alicyclic amines) is 1. The summed E-state index contributed by atoms with van der Waals surface area (Å²) < 4.78 is 15.8. The van der Waals surface area contributed by atoms with Crippen LogP contribution in [0.15, 0.2) is 54.6 Å². The van der Waals surface area contributed by atoms with E-state index in [1.54, 1.807) is 23.5 Å². The number of piperidine rings is 1. The van der Waals surface area contributed by atoms with Crippen LogP contribution in [0.2, 0.25) is 0 Å². The van der Waals surface area contributed by atoms with Crippen molar-refractivity contribution in [1.82, 2.24) is 4.90 Å². The van der Waals surface area contributed by atoms with E-state index < -0.39 is 12.0 Å². The highest BCUT2D eigenvalue weighted by Gasteiger charge is 2.36. The monoisotopic (exact) mass is 369 g/mol. The number of thiophene rings is 1. The summed E-state index contributed by atoms with van der Waals surface area (Å²) in [6, 6.07) is 15.9. The van der Waals surface area contributed by atoms with Gasteiger partial charge in [-0.2, -0.15) is 0 Å². The Hall–Kier alpha value is -2.24. The van der Waals surface area contributed by atoms with Crippen molar-refractivity contribution >= 4 is 27.4 Å². The van der Waals surface area contributed by atoms with Gasteiger partial charge in [0.15, 0.2) is 0 Å². The number of aliphatic carboxylic acids is 1. The third kappa shape index (κ3) is 3.13. The van der Waals surface area contributed by atoms with Gasteiger partial charge >= 0.3 is 5.97 Å². The first kappa shape index (κ1) is 17.2. The normalized spacial score (nSPS) is 19.5. The molecule has 2 atom stereocenters. The zero-order valence-electron chi connectivity index (χ0n) is 14.3. The number of benzene rings is 2. The van der Waals surface area contributed by atoms with Crippen molar-refractivity contribution in [3.05, 3.63) is 70.9 Å². The standard InChI is InChI=1S/C21H20FNO2S/c22-16-9-3-2-8-15(16)20(23-12-6-5-10-17(23)21(24)25)19-13-14-7-1-4-11-18(14)26-19/h1-4,7-9,11,13,17,20H,5-6,10,12H2,(H,24,25). The van der Waals surface area contributed by atoms with Crippen molar-refractivity contribution in [3.63, 3.8) is 0 Å². The molecule has 1 saturated heterocycles. The molecule has 134 valence electrons. The van der Waals surface area contributed by atoms with Gasteiger partial charge in [0, 0.05) is 15.1 Å². The third-order valence-corrected chi connectivity index (χ3v) is 6.24. The van der Waals surface area contributed by atoms with Crippen LogP contribution in [0.3, 0.4) is 0 Å². The Morgan fingerprint density at radius 3 is 2.69 bits per heavy atom. The van der Waals surface area contributed by atoms with Crippen molar-refractivity contribution in [2.75, 3.05) is 6.54 Å². The molecule has 2 aromatic carbocycles. The number of halogens is 1. The maximum Gasteiger partial charge on any atom is 0.320 e. The summed E-state index contributed by atoms with van der Waals surface area (Å²) in [6.07, 6.45) is 2.43. The number of hydrogen-bond acceptors (Lipinski definition) is 3. The molecule has 0 bridgehead atoms. The van der Waals surface area contributed by atoms with Gasteiger partial charge < -0.3 is 5.11 Å². The zero-order valence-corrected chi connectivity index (χ0v) is 15.1. The van der Waals surface area contributed by atoms with Crippen LogP contribution < -0.4 is 0 Å². The summed E-state index contributed by atoms with van der Waals surface area (Å²) in [5.74, 6) is -1.11. The molecule has 1 aliphatic rings. The lowest BCUT2D eigenvalue weighted by atomic mass is 9.95. The van der Waals surface area contributed by atoms with E-state index in [4.69, 9.17) is 0 Å². The van der Waals surface area contributed by atoms with E-state index >= 15 is 0 Å². The summed E-state index contributed by atoms with van der Waals surface area (Å²) >= 11 is 1.62. The Bertz CT molecular complexity index is 905. The van der Waals surface area contributed by atoms with Crippen molar-refractivity contribution < 1.29 is 14.3 Å². The van der Waals surface area contributed by atoms with Gasteiger partial charge in [0.2, 0.25) is 0 Å². The second kappa shape index (κ2) is 7.17. The van der Waals surface area contributed by atoms with E-state index in [0.717, 1.165) is 27.8 Å². The fourth-order valence-electron chi connectivity index (χ4n) is 3.86. The van der Waals surface area contributed by atoms with Gasteiger partial charge in [-0.3, -0.25) is 9.69 Å². The zero-order chi connectivity index (χ0) is 18.1. The topological polar surface area (TPSA) is 40.5 Å². The molecule has 0 aliphatic carbocycles. The van der Waals surface area contributed by atoms with E-state index in [1.165, 1.54) is 6.07 Å². The first-order chi connectivity index (χ1) is 12.6. The minimum Gasteiger partial charge on any atom is -0.480 e. The average Bonchev–Trinajstić information content (AvgIpc) is 3.07. The quantitative estimate of drug-likeness (QED) is 0.698. The highest BCUT2D eigenvalue weighted by atomic mass is 32.1. The molecule has 5 heteroatoms. The van der Waals surface area contributed by atoms with Crippen molar-refractivity contribution in [2.45, 2.75) is 31.3 Å². The van der Waals surface area contributed by atoms with Crippen LogP contribution >= 0.6 is 11.3 Å². The molecule has 1 aromatic heterocycles. The molecular formula is C21H20FNO2S. The number of rotatable bonds is 4. The number of carbonyl (C=O) groups is 1. The second-order valence-corrected chi connectivity index (χ2v) is 7.81. The van der Waals surface area contributed by atoms with Gasteiger partial charge in [0.1, 0.15) is 11.9 Å². The van der Waals surface area contributed by atoms with Crippen LogP contribution in [0.4, 0.5) is 4.39 Å². The first-order valence-electron chi connectivity index (χ1n) is 8.86. The van der Waals surface area contributed by atoms with Gasteiger partial charge in [0.05, 0.1) is 6.04 Å². The summed E-state index contributed by atoms with van der Waals surface area (Å²) in [5.41, 5.74) is 0.548. The number of carboxylic acid groups (broad SMARTS) is 1. The minimum atomic E-state index is -0.827. The van der Waals surface area contributed by atoms with Crippen molar-refractivity contribution in [1.29, 1.82) is 0 Å². The fourth-order valence-corrected chi connectivity index (χ4v) is 5.06. The van der Waals surface area contributed by atoms with Gasteiger partial charge in [-0.25, -0.2) is 4.39 Å². The lowest BCUT2D eigenvalue weighted by molar-refractivity contribution is -0.145. The molecule has 1 aliphatic heterocycles. The summed E-state index contributed by atoms with van der Waals surface area (Å²) in [6.45, 7) is 0.657. The molecule has 1 fully saturated rings. The summed E-state index contributed by atoms with van der Waals surface area (Å²) in [5, 5.41) is 10.8. The summed E-state index contributed by atoms with van der Waals surface area (Å²) in [7, 11) is 0. The van der Waals surface area contributed by atoms with E-state index in [0.29, 0.717) is 18.5 Å². The number of fused-ring (bicyclic) bond motifs is 1. The van der Waals surface area contributed by atoms with Gasteiger partial charge in [0.25, 0.3) is 0 Å².